The van der Waals surface area contributed by atoms with Crippen molar-refractivity contribution in [1.82, 2.24) is 9.78 Å². The predicted molar refractivity (Wildman–Crippen MR) is 69.1 cm³/mol. The minimum absolute atomic E-state index is 0.279. The van der Waals surface area contributed by atoms with E-state index in [2.05, 4.69) is 5.10 Å². The lowest BCUT2D eigenvalue weighted by atomic mass is 10.0. The maximum absolute atomic E-state index is 11.5. The van der Waals surface area contributed by atoms with Gasteiger partial charge >= 0.3 is 0 Å². The topological polar surface area (TPSA) is 58.7 Å². The maximum Gasteiger partial charge on any atom is 0.267 e. The summed E-state index contributed by atoms with van der Waals surface area (Å²) in [4.78, 5) is 11.5. The van der Waals surface area contributed by atoms with Crippen LogP contribution in [-0.4, -0.2) is 9.78 Å². The average molecular weight is 239 g/mol. The van der Waals surface area contributed by atoms with E-state index < -0.39 is 0 Å². The second-order valence-electron chi connectivity index (χ2n) is 4.28. The Bertz CT molecular complexity index is 708. The first-order chi connectivity index (χ1) is 8.52. The number of hydrogen-bond donors (Lipinski definition) is 0. The van der Waals surface area contributed by atoms with Gasteiger partial charge in [0.1, 0.15) is 11.8 Å². The molecule has 0 aliphatic carbocycles. The molecule has 1 aromatic heterocycles. The Labute approximate surface area is 105 Å². The Morgan fingerprint density at radius 2 is 1.94 bits per heavy atom. The lowest BCUT2D eigenvalue weighted by molar-refractivity contribution is 0.710. The number of nitrogens with zero attached hydrogens (tertiary/aromatic N) is 3. The molecule has 18 heavy (non-hydrogen) atoms. The summed E-state index contributed by atoms with van der Waals surface area (Å²) in [7, 11) is 1.58. The smallest absolute Gasteiger partial charge is 0.267 e. The highest BCUT2D eigenvalue weighted by Crippen LogP contribution is 2.22. The van der Waals surface area contributed by atoms with Crippen LogP contribution in [-0.2, 0) is 7.05 Å². The van der Waals surface area contributed by atoms with Crippen molar-refractivity contribution in [2.24, 2.45) is 7.05 Å². The van der Waals surface area contributed by atoms with Crippen molar-refractivity contribution in [2.75, 3.05) is 0 Å². The van der Waals surface area contributed by atoms with Crippen LogP contribution in [0.2, 0.25) is 0 Å². The second kappa shape index (κ2) is 4.46. The van der Waals surface area contributed by atoms with Gasteiger partial charge in [-0.15, -0.1) is 0 Å². The van der Waals surface area contributed by atoms with Gasteiger partial charge in [0.15, 0.2) is 0 Å². The number of rotatable bonds is 1. The van der Waals surface area contributed by atoms with Gasteiger partial charge in [-0.2, -0.15) is 10.4 Å². The molecule has 0 spiro atoms. The van der Waals surface area contributed by atoms with Crippen LogP contribution in [0.5, 0.6) is 0 Å². The number of aromatic nitrogens is 2. The Morgan fingerprint density at radius 3 is 2.56 bits per heavy atom. The first kappa shape index (κ1) is 12.1. The first-order valence-corrected chi connectivity index (χ1v) is 5.59. The van der Waals surface area contributed by atoms with E-state index in [0.717, 1.165) is 11.1 Å². The molecule has 0 unspecified atom stereocenters. The van der Waals surface area contributed by atoms with Gasteiger partial charge in [-0.05, 0) is 31.0 Å². The Hall–Kier alpha value is -2.41. The number of hydrogen-bond acceptors (Lipinski definition) is 3. The van der Waals surface area contributed by atoms with Crippen LogP contribution in [0.3, 0.4) is 0 Å². The average Bonchev–Trinajstić information content (AvgIpc) is 2.35. The number of benzene rings is 1. The van der Waals surface area contributed by atoms with Crippen LogP contribution >= 0.6 is 0 Å². The molecule has 4 nitrogen and oxygen atoms in total. The highest BCUT2D eigenvalue weighted by molar-refractivity contribution is 5.66. The van der Waals surface area contributed by atoms with Gasteiger partial charge < -0.3 is 0 Å². The molecule has 2 rings (SSSR count). The summed E-state index contributed by atoms with van der Waals surface area (Å²) in [6.45, 7) is 4.03. The quantitative estimate of drug-likeness (QED) is 0.764. The molecule has 0 bridgehead atoms. The van der Waals surface area contributed by atoms with E-state index in [1.54, 1.807) is 7.05 Å². The Kier molecular flexibility index (Phi) is 2.99. The van der Waals surface area contributed by atoms with Crippen molar-refractivity contribution in [1.29, 1.82) is 5.26 Å². The van der Waals surface area contributed by atoms with Crippen LogP contribution < -0.4 is 5.56 Å². The van der Waals surface area contributed by atoms with E-state index in [1.807, 2.05) is 38.1 Å². The second-order valence-corrected chi connectivity index (χ2v) is 4.28. The summed E-state index contributed by atoms with van der Waals surface area (Å²) < 4.78 is 1.24. The van der Waals surface area contributed by atoms with Gasteiger partial charge in [0.2, 0.25) is 0 Å². The molecule has 4 heteroatoms. The Morgan fingerprint density at radius 1 is 1.22 bits per heavy atom. The molecule has 0 amide bonds. The highest BCUT2D eigenvalue weighted by atomic mass is 16.1. The fourth-order valence-corrected chi connectivity index (χ4v) is 1.73. The monoisotopic (exact) mass is 239 g/mol. The molecule has 1 heterocycles. The standard InChI is InChI=1S/C14H13N3O/c1-9-4-5-11(6-10(9)2)14-12(8-15)7-13(18)17(3)16-14/h4-7H,1-3H3. The number of aryl methyl sites for hydroxylation is 3. The molecule has 90 valence electrons. The van der Waals surface area contributed by atoms with Crippen molar-refractivity contribution in [3.8, 4) is 17.3 Å². The zero-order valence-corrected chi connectivity index (χ0v) is 10.6. The summed E-state index contributed by atoms with van der Waals surface area (Å²) in [6, 6.07) is 9.21. The molecule has 0 N–H and O–H groups in total. The molecule has 1 aromatic carbocycles. The van der Waals surface area contributed by atoms with Crippen molar-refractivity contribution in [3.05, 3.63) is 51.3 Å². The maximum atomic E-state index is 11.5. The third-order valence-corrected chi connectivity index (χ3v) is 2.99. The molecule has 0 radical (unpaired) electrons. The third kappa shape index (κ3) is 2.03. The minimum atomic E-state index is -0.279. The number of nitriles is 1. The lowest BCUT2D eigenvalue weighted by Gasteiger charge is -2.07. The third-order valence-electron chi connectivity index (χ3n) is 2.99. The van der Waals surface area contributed by atoms with Crippen LogP contribution in [0, 0.1) is 25.2 Å². The molecular weight excluding hydrogens is 226 g/mol. The molecule has 0 aliphatic rings. The van der Waals surface area contributed by atoms with Gasteiger partial charge in [0.05, 0.1) is 5.56 Å². The lowest BCUT2D eigenvalue weighted by Crippen LogP contribution is -2.20. The predicted octanol–water partition coefficient (Wildman–Crippen LogP) is 1.94. The van der Waals surface area contributed by atoms with E-state index in [1.165, 1.54) is 16.3 Å². The van der Waals surface area contributed by atoms with E-state index in [-0.39, 0.29) is 5.56 Å². The van der Waals surface area contributed by atoms with Crippen molar-refractivity contribution < 1.29 is 0 Å². The first-order valence-electron chi connectivity index (χ1n) is 5.59. The molecule has 0 fully saturated rings. The molecule has 0 aliphatic heterocycles. The van der Waals surface area contributed by atoms with Crippen LogP contribution in [0.1, 0.15) is 16.7 Å². The van der Waals surface area contributed by atoms with Crippen molar-refractivity contribution >= 4 is 0 Å². The SMILES string of the molecule is Cc1ccc(-c2nn(C)c(=O)cc2C#N)cc1C. The highest BCUT2D eigenvalue weighted by Gasteiger charge is 2.10. The Balaban J connectivity index is 2.71. The summed E-state index contributed by atoms with van der Waals surface area (Å²) in [6.07, 6.45) is 0. The van der Waals surface area contributed by atoms with E-state index in [0.29, 0.717) is 11.3 Å². The molecule has 0 saturated carbocycles. The normalized spacial score (nSPS) is 10.1. The fraction of sp³-hybridized carbons (Fsp3) is 0.214. The fourth-order valence-electron chi connectivity index (χ4n) is 1.73. The minimum Gasteiger partial charge on any atom is -0.268 e. The molecule has 0 atom stereocenters. The van der Waals surface area contributed by atoms with Gasteiger partial charge in [0.25, 0.3) is 5.56 Å². The van der Waals surface area contributed by atoms with Gasteiger partial charge in [0, 0.05) is 18.7 Å². The summed E-state index contributed by atoms with van der Waals surface area (Å²) >= 11 is 0. The summed E-state index contributed by atoms with van der Waals surface area (Å²) in [5.74, 6) is 0. The summed E-state index contributed by atoms with van der Waals surface area (Å²) in [5, 5.41) is 13.2. The summed E-state index contributed by atoms with van der Waals surface area (Å²) in [5.41, 5.74) is 3.74. The van der Waals surface area contributed by atoms with Gasteiger partial charge in [-0.1, -0.05) is 12.1 Å². The van der Waals surface area contributed by atoms with E-state index in [4.69, 9.17) is 5.26 Å². The zero-order valence-electron chi connectivity index (χ0n) is 10.6. The molecular formula is C14H13N3O. The largest absolute Gasteiger partial charge is 0.268 e. The van der Waals surface area contributed by atoms with Crippen LogP contribution in [0.15, 0.2) is 29.1 Å². The van der Waals surface area contributed by atoms with Crippen LogP contribution in [0.4, 0.5) is 0 Å². The zero-order chi connectivity index (χ0) is 13.3. The van der Waals surface area contributed by atoms with Crippen LogP contribution in [0.25, 0.3) is 11.3 Å². The van der Waals surface area contributed by atoms with Crippen molar-refractivity contribution in [2.45, 2.75) is 13.8 Å². The van der Waals surface area contributed by atoms with E-state index >= 15 is 0 Å². The molecule has 0 saturated heterocycles. The van der Waals surface area contributed by atoms with Gasteiger partial charge in [-0.25, -0.2) is 4.68 Å². The van der Waals surface area contributed by atoms with E-state index in [9.17, 15) is 4.79 Å². The van der Waals surface area contributed by atoms with Gasteiger partial charge in [-0.3, -0.25) is 4.79 Å². The molecule has 2 aromatic rings. The van der Waals surface area contributed by atoms with Crippen molar-refractivity contribution in [3.63, 3.8) is 0 Å².